The number of carbonyl (C=O) groups is 1. The van der Waals surface area contributed by atoms with Crippen molar-refractivity contribution in [1.29, 1.82) is 0 Å². The van der Waals surface area contributed by atoms with Gasteiger partial charge in [-0.25, -0.2) is 9.89 Å². The van der Waals surface area contributed by atoms with Crippen molar-refractivity contribution >= 4 is 47.1 Å². The van der Waals surface area contributed by atoms with Crippen LogP contribution in [0.5, 0.6) is 0 Å². The Morgan fingerprint density at radius 3 is 2.18 bits per heavy atom. The molecule has 1 heterocycles. The quantitative estimate of drug-likeness (QED) is 0.236. The molecule has 0 saturated carbocycles. The molecule has 1 amide bonds. The van der Waals surface area contributed by atoms with Gasteiger partial charge in [-0.15, -0.1) is 0 Å². The number of hydrogen-bond acceptors (Lipinski definition) is 5. The van der Waals surface area contributed by atoms with Gasteiger partial charge in [-0.2, -0.15) is 5.10 Å². The lowest BCUT2D eigenvalue weighted by atomic mass is 10.2. The van der Waals surface area contributed by atoms with E-state index < -0.39 is 0 Å². The number of para-hydroxylation sites is 1. The van der Waals surface area contributed by atoms with Gasteiger partial charge in [0, 0.05) is 18.7 Å². The highest BCUT2D eigenvalue weighted by atomic mass is 32.1. The lowest BCUT2D eigenvalue weighted by molar-refractivity contribution is -0.120. The summed E-state index contributed by atoms with van der Waals surface area (Å²) in [6.45, 7) is 0.598. The fourth-order valence-electron chi connectivity index (χ4n) is 3.27. The Morgan fingerprint density at radius 1 is 0.909 bits per heavy atom. The van der Waals surface area contributed by atoms with Crippen LogP contribution in [-0.2, 0) is 4.79 Å². The first-order chi connectivity index (χ1) is 16.2. The summed E-state index contributed by atoms with van der Waals surface area (Å²) < 4.78 is 0. The standard InChI is InChI=1S/C26H23N5OS/c32-25-23(18-20-10-4-1-5-11-20)29-24(16-17-27-22-14-8-3-9-15-22)31(25)26(33)30-28-19-21-12-6-2-7-13-21/h1-15,18-19,27H,16-17H2,(H,30,33)/b23-18+,28-19+. The zero-order valence-corrected chi connectivity index (χ0v) is 18.7. The zero-order chi connectivity index (χ0) is 22.9. The monoisotopic (exact) mass is 453 g/mol. The number of anilines is 1. The molecule has 0 aromatic heterocycles. The van der Waals surface area contributed by atoms with Crippen molar-refractivity contribution in [2.45, 2.75) is 6.42 Å². The summed E-state index contributed by atoms with van der Waals surface area (Å²) in [4.78, 5) is 19.2. The van der Waals surface area contributed by atoms with Crippen LogP contribution in [0.4, 0.5) is 5.69 Å². The van der Waals surface area contributed by atoms with E-state index in [1.54, 1.807) is 12.3 Å². The molecule has 0 saturated heterocycles. The molecule has 33 heavy (non-hydrogen) atoms. The molecule has 6 nitrogen and oxygen atoms in total. The van der Waals surface area contributed by atoms with Gasteiger partial charge in [-0.05, 0) is 41.6 Å². The third kappa shape index (κ3) is 5.99. The third-order valence-electron chi connectivity index (χ3n) is 4.86. The predicted molar refractivity (Wildman–Crippen MR) is 138 cm³/mol. The van der Waals surface area contributed by atoms with E-state index in [1.807, 2.05) is 91.0 Å². The fourth-order valence-corrected chi connectivity index (χ4v) is 3.51. The maximum atomic E-state index is 13.2. The SMILES string of the molecule is O=C1/C(=C\c2ccccc2)N=C(CCNc2ccccc2)N1C(=S)N/N=C/c1ccccc1. The molecular weight excluding hydrogens is 430 g/mol. The highest BCUT2D eigenvalue weighted by Crippen LogP contribution is 2.20. The molecule has 0 spiro atoms. The minimum Gasteiger partial charge on any atom is -0.385 e. The number of nitrogens with one attached hydrogen (secondary N) is 2. The molecule has 2 N–H and O–H groups in total. The van der Waals surface area contributed by atoms with Crippen LogP contribution in [0.3, 0.4) is 0 Å². The Hall–Kier alpha value is -4.10. The van der Waals surface area contributed by atoms with E-state index in [0.717, 1.165) is 16.8 Å². The molecule has 0 fully saturated rings. The Morgan fingerprint density at radius 2 is 1.52 bits per heavy atom. The van der Waals surface area contributed by atoms with Crippen LogP contribution >= 0.6 is 12.2 Å². The van der Waals surface area contributed by atoms with Crippen LogP contribution in [0.15, 0.2) is 107 Å². The lowest BCUT2D eigenvalue weighted by Crippen LogP contribution is -2.43. The Labute approximate surface area is 198 Å². The van der Waals surface area contributed by atoms with Crippen molar-refractivity contribution in [2.24, 2.45) is 10.1 Å². The van der Waals surface area contributed by atoms with Crippen LogP contribution in [0.1, 0.15) is 17.5 Å². The molecule has 0 aliphatic carbocycles. The summed E-state index contributed by atoms with van der Waals surface area (Å²) in [7, 11) is 0. The second-order valence-electron chi connectivity index (χ2n) is 7.24. The first-order valence-electron chi connectivity index (χ1n) is 10.6. The van der Waals surface area contributed by atoms with Gasteiger partial charge in [-0.1, -0.05) is 78.9 Å². The maximum Gasteiger partial charge on any atom is 0.284 e. The van der Waals surface area contributed by atoms with Crippen LogP contribution in [0.2, 0.25) is 0 Å². The molecule has 3 aromatic carbocycles. The summed E-state index contributed by atoms with van der Waals surface area (Å²) in [5, 5.41) is 7.72. The van der Waals surface area contributed by atoms with E-state index in [2.05, 4.69) is 20.8 Å². The van der Waals surface area contributed by atoms with Crippen molar-refractivity contribution in [3.8, 4) is 0 Å². The summed E-state index contributed by atoms with van der Waals surface area (Å²) in [5.41, 5.74) is 5.97. The van der Waals surface area contributed by atoms with Gasteiger partial charge in [0.1, 0.15) is 11.5 Å². The predicted octanol–water partition coefficient (Wildman–Crippen LogP) is 4.68. The number of amidine groups is 1. The van der Waals surface area contributed by atoms with Gasteiger partial charge >= 0.3 is 0 Å². The van der Waals surface area contributed by atoms with Crippen molar-refractivity contribution in [2.75, 3.05) is 11.9 Å². The maximum absolute atomic E-state index is 13.2. The van der Waals surface area contributed by atoms with Crippen molar-refractivity contribution in [1.82, 2.24) is 10.3 Å². The number of nitrogens with zero attached hydrogens (tertiary/aromatic N) is 3. The Balaban J connectivity index is 1.49. The topological polar surface area (TPSA) is 69.1 Å². The van der Waals surface area contributed by atoms with Gasteiger partial charge in [0.25, 0.3) is 5.91 Å². The zero-order valence-electron chi connectivity index (χ0n) is 17.9. The van der Waals surface area contributed by atoms with Crippen LogP contribution in [-0.4, -0.2) is 34.5 Å². The smallest absolute Gasteiger partial charge is 0.284 e. The molecule has 1 aliphatic heterocycles. The summed E-state index contributed by atoms with van der Waals surface area (Å²) in [6.07, 6.45) is 3.93. The summed E-state index contributed by atoms with van der Waals surface area (Å²) in [6, 6.07) is 29.1. The average molecular weight is 454 g/mol. The highest BCUT2D eigenvalue weighted by molar-refractivity contribution is 7.80. The van der Waals surface area contributed by atoms with Crippen LogP contribution in [0, 0.1) is 0 Å². The minimum absolute atomic E-state index is 0.183. The van der Waals surface area contributed by atoms with Crippen molar-refractivity contribution < 1.29 is 4.79 Å². The summed E-state index contributed by atoms with van der Waals surface area (Å²) >= 11 is 5.50. The van der Waals surface area contributed by atoms with Gasteiger partial charge in [-0.3, -0.25) is 10.2 Å². The van der Waals surface area contributed by atoms with Gasteiger partial charge in [0.05, 0.1) is 6.21 Å². The number of rotatable bonds is 7. The van der Waals surface area contributed by atoms with Crippen molar-refractivity contribution in [3.63, 3.8) is 0 Å². The van der Waals surface area contributed by atoms with Crippen LogP contribution in [0.25, 0.3) is 6.08 Å². The molecule has 164 valence electrons. The van der Waals surface area contributed by atoms with Crippen molar-refractivity contribution in [3.05, 3.63) is 108 Å². The minimum atomic E-state index is -0.277. The Bertz CT molecular complexity index is 1190. The summed E-state index contributed by atoms with van der Waals surface area (Å²) in [5.74, 6) is 0.291. The highest BCUT2D eigenvalue weighted by Gasteiger charge is 2.32. The molecule has 0 radical (unpaired) electrons. The Kier molecular flexibility index (Phi) is 7.35. The largest absolute Gasteiger partial charge is 0.385 e. The molecule has 3 aromatic rings. The van der Waals surface area contributed by atoms with Crippen LogP contribution < -0.4 is 10.7 Å². The van der Waals surface area contributed by atoms with Gasteiger partial charge < -0.3 is 5.32 Å². The molecular formula is C26H23N5OS. The average Bonchev–Trinajstić information content (AvgIpc) is 3.15. The van der Waals surface area contributed by atoms with Gasteiger partial charge in [0.2, 0.25) is 5.11 Å². The molecule has 4 rings (SSSR count). The molecule has 0 unspecified atom stereocenters. The molecule has 0 bridgehead atoms. The van der Waals surface area contributed by atoms with E-state index in [1.165, 1.54) is 4.90 Å². The molecule has 1 aliphatic rings. The van der Waals surface area contributed by atoms with E-state index in [4.69, 9.17) is 12.2 Å². The van der Waals surface area contributed by atoms with E-state index in [-0.39, 0.29) is 11.0 Å². The van der Waals surface area contributed by atoms with E-state index >= 15 is 0 Å². The molecule has 7 heteroatoms. The first kappa shape index (κ1) is 22.1. The number of carbonyl (C=O) groups excluding carboxylic acids is 1. The van der Waals surface area contributed by atoms with E-state index in [0.29, 0.717) is 24.5 Å². The van der Waals surface area contributed by atoms with E-state index in [9.17, 15) is 4.79 Å². The number of benzene rings is 3. The first-order valence-corrected chi connectivity index (χ1v) is 11.0. The number of amides is 1. The number of thiocarbonyl (C=S) groups is 1. The molecule has 0 atom stereocenters. The second kappa shape index (κ2) is 11.0. The third-order valence-corrected chi connectivity index (χ3v) is 5.13. The fraction of sp³-hybridized carbons (Fsp3) is 0.0769. The number of hydrazone groups is 1. The van der Waals surface area contributed by atoms with Gasteiger partial charge in [0.15, 0.2) is 0 Å². The second-order valence-corrected chi connectivity index (χ2v) is 7.62. The normalized spacial score (nSPS) is 14.5. The number of hydrogen-bond donors (Lipinski definition) is 2. The lowest BCUT2D eigenvalue weighted by Gasteiger charge is -2.18. The number of aliphatic imine (C=N–C) groups is 1.